The number of nitrogens with one attached hydrogen (secondary N) is 3. The first-order valence-electron chi connectivity index (χ1n) is 15.5. The number of primary amides is 2. The lowest BCUT2D eigenvalue weighted by molar-refractivity contribution is 0.0991. The number of nitrogens with zero attached hydrogens (tertiary/aromatic N) is 7. The highest BCUT2D eigenvalue weighted by atomic mass is 16.7. The van der Waals surface area contributed by atoms with Crippen molar-refractivity contribution in [1.82, 2.24) is 35.1 Å². The minimum atomic E-state index is -0.648. The molecule has 0 aliphatic carbocycles. The van der Waals surface area contributed by atoms with Crippen molar-refractivity contribution in [1.29, 1.82) is 0 Å². The Kier molecular flexibility index (Phi) is 12.1. The molecule has 0 saturated heterocycles. The number of rotatable bonds is 11. The first-order valence-corrected chi connectivity index (χ1v) is 15.5. The fourth-order valence-electron chi connectivity index (χ4n) is 4.97. The third kappa shape index (κ3) is 9.70. The maximum atomic E-state index is 11.8. The van der Waals surface area contributed by atoms with Crippen molar-refractivity contribution in [3.8, 4) is 6.01 Å². The molecular weight excluding hydrogens is 650 g/mol. The van der Waals surface area contributed by atoms with Gasteiger partial charge in [-0.1, -0.05) is 36.5 Å². The van der Waals surface area contributed by atoms with Gasteiger partial charge in [-0.05, 0) is 91.6 Å². The molecule has 0 atom stereocenters. The Bertz CT molecular complexity index is 2130. The van der Waals surface area contributed by atoms with Crippen molar-refractivity contribution >= 4 is 51.8 Å². The van der Waals surface area contributed by atoms with E-state index in [2.05, 4.69) is 52.3 Å². The van der Waals surface area contributed by atoms with Crippen molar-refractivity contribution < 1.29 is 14.4 Å². The number of hydrogen-bond donors (Lipinski definition) is 6. The van der Waals surface area contributed by atoms with Gasteiger partial charge in [0.2, 0.25) is 5.95 Å². The van der Waals surface area contributed by atoms with Gasteiger partial charge < -0.3 is 38.0 Å². The summed E-state index contributed by atoms with van der Waals surface area (Å²) in [6.07, 6.45) is 2.72. The molecule has 0 fully saturated rings. The van der Waals surface area contributed by atoms with E-state index in [0.717, 1.165) is 33.6 Å². The average Bonchev–Trinajstić information content (AvgIpc) is 3.45. The van der Waals surface area contributed by atoms with Crippen molar-refractivity contribution in [2.45, 2.75) is 35.1 Å². The second-order valence-corrected chi connectivity index (χ2v) is 11.4. The molecule has 0 saturated carbocycles. The zero-order valence-corrected chi connectivity index (χ0v) is 27.9. The van der Waals surface area contributed by atoms with E-state index >= 15 is 0 Å². The van der Waals surface area contributed by atoms with Crippen LogP contribution >= 0.6 is 0 Å². The van der Waals surface area contributed by atoms with Gasteiger partial charge in [-0.2, -0.15) is 9.97 Å². The van der Waals surface area contributed by atoms with Crippen LogP contribution in [0.4, 0.5) is 29.0 Å². The van der Waals surface area contributed by atoms with E-state index in [1.165, 1.54) is 17.2 Å². The number of benzene rings is 3. The van der Waals surface area contributed by atoms with Gasteiger partial charge in [0.05, 0.1) is 0 Å². The van der Waals surface area contributed by atoms with Gasteiger partial charge in [0, 0.05) is 36.9 Å². The molecule has 16 heteroatoms. The number of hydrogen-bond acceptors (Lipinski definition) is 13. The summed E-state index contributed by atoms with van der Waals surface area (Å²) in [4.78, 5) is 46.9. The van der Waals surface area contributed by atoms with Gasteiger partial charge in [-0.3, -0.25) is 9.59 Å². The zero-order valence-electron chi connectivity index (χ0n) is 27.9. The maximum Gasteiger partial charge on any atom is 0.347 e. The highest BCUT2D eigenvalue weighted by Gasteiger charge is 2.16. The first kappa shape index (κ1) is 37.1. The fraction of sp³-hybridized carbons (Fsp3) is 0.200. The molecule has 16 nitrogen and oxygen atoms in total. The van der Waals surface area contributed by atoms with Crippen LogP contribution in [0.25, 0.3) is 11.0 Å². The van der Waals surface area contributed by atoms with Crippen LogP contribution in [0.3, 0.4) is 0 Å². The standard InChI is InChI=1S/C19H17N7O2.C15H20N6O.CH4/c1-11-7-12(2)9-13(8-11)22-18-14(17(20)27)10-21-19(23-18)28-26-16-6-4-3-5-15(16)24-25-26;1-9-5-10(2)7-11(6-9)20-14-12(13(17)22)8-19-15(21-14)18-4-3-16;/h3-10H,1-2H3,(H2,20,27)(H,21,22,23);5-8H,3-4,16H2,1-2H3,(H2,17,22)(H2,18,19,20,21);1H4. The molecule has 3 aromatic carbocycles. The van der Waals surface area contributed by atoms with Crippen LogP contribution in [0.5, 0.6) is 6.01 Å². The molecule has 2 amide bonds. The number of amides is 2. The molecule has 3 heterocycles. The summed E-state index contributed by atoms with van der Waals surface area (Å²) in [6, 6.07) is 19.2. The van der Waals surface area contributed by atoms with Gasteiger partial charge in [-0.25, -0.2) is 9.97 Å². The Morgan fingerprint density at radius 2 is 1.29 bits per heavy atom. The number of aromatic nitrogens is 7. The Balaban J connectivity index is 0.000000231. The Labute approximate surface area is 294 Å². The molecule has 0 bridgehead atoms. The molecule has 6 aromatic rings. The minimum absolute atomic E-state index is 0. The van der Waals surface area contributed by atoms with Gasteiger partial charge in [0.15, 0.2) is 5.82 Å². The second kappa shape index (κ2) is 16.6. The largest absolute Gasteiger partial charge is 0.365 e. The van der Waals surface area contributed by atoms with Crippen LogP contribution in [-0.4, -0.2) is 60.0 Å². The predicted octanol–water partition coefficient (Wildman–Crippen LogP) is 4.47. The van der Waals surface area contributed by atoms with Crippen molar-refractivity contribution in [3.05, 3.63) is 106 Å². The van der Waals surface area contributed by atoms with Crippen LogP contribution in [-0.2, 0) is 0 Å². The molecule has 51 heavy (non-hydrogen) atoms. The third-order valence-corrected chi connectivity index (χ3v) is 6.97. The fourth-order valence-corrected chi connectivity index (χ4v) is 4.97. The van der Waals surface area contributed by atoms with Crippen molar-refractivity contribution in [3.63, 3.8) is 0 Å². The van der Waals surface area contributed by atoms with E-state index in [9.17, 15) is 9.59 Å². The normalized spacial score (nSPS) is 10.4. The van der Waals surface area contributed by atoms with Crippen molar-refractivity contribution in [2.75, 3.05) is 29.0 Å². The van der Waals surface area contributed by atoms with Gasteiger partial charge in [0.25, 0.3) is 11.8 Å². The quantitative estimate of drug-likeness (QED) is 0.110. The summed E-state index contributed by atoms with van der Waals surface area (Å²) in [5.74, 6) is -0.233. The van der Waals surface area contributed by atoms with E-state index in [1.807, 2.05) is 82.3 Å². The summed E-state index contributed by atoms with van der Waals surface area (Å²) >= 11 is 0. The maximum absolute atomic E-state index is 11.8. The summed E-state index contributed by atoms with van der Waals surface area (Å²) in [5.41, 5.74) is 24.0. The number of para-hydroxylation sites is 1. The molecule has 264 valence electrons. The lowest BCUT2D eigenvalue weighted by Gasteiger charge is -2.12. The van der Waals surface area contributed by atoms with Crippen LogP contribution < -0.4 is 38.0 Å². The number of fused-ring (bicyclic) bond motifs is 1. The highest BCUT2D eigenvalue weighted by molar-refractivity contribution is 5.98. The highest BCUT2D eigenvalue weighted by Crippen LogP contribution is 2.24. The summed E-state index contributed by atoms with van der Waals surface area (Å²) in [5, 5.41) is 17.2. The van der Waals surface area contributed by atoms with E-state index < -0.39 is 11.8 Å². The number of carbonyl (C=O) groups excluding carboxylic acids is 2. The number of nitrogens with two attached hydrogens (primary N) is 3. The molecule has 0 spiro atoms. The smallest absolute Gasteiger partial charge is 0.347 e. The molecule has 0 radical (unpaired) electrons. The molecule has 0 unspecified atom stereocenters. The average molecular weight is 692 g/mol. The number of carbonyl (C=O) groups is 2. The molecule has 0 aliphatic rings. The van der Waals surface area contributed by atoms with Gasteiger partial charge in [0.1, 0.15) is 28.0 Å². The van der Waals surface area contributed by atoms with E-state index in [0.29, 0.717) is 35.9 Å². The Morgan fingerprint density at radius 3 is 1.84 bits per heavy atom. The van der Waals surface area contributed by atoms with Crippen LogP contribution in [0.1, 0.15) is 50.4 Å². The van der Waals surface area contributed by atoms with E-state index in [-0.39, 0.29) is 30.4 Å². The molecule has 6 rings (SSSR count). The Morgan fingerprint density at radius 1 is 0.765 bits per heavy atom. The topological polar surface area (TPSA) is 240 Å². The zero-order chi connectivity index (χ0) is 35.8. The van der Waals surface area contributed by atoms with E-state index in [1.54, 1.807) is 0 Å². The number of anilines is 5. The van der Waals surface area contributed by atoms with Crippen LogP contribution in [0.15, 0.2) is 73.1 Å². The summed E-state index contributed by atoms with van der Waals surface area (Å²) in [6.45, 7) is 8.97. The molecule has 9 N–H and O–H groups in total. The molecule has 0 aliphatic heterocycles. The van der Waals surface area contributed by atoms with Crippen LogP contribution in [0, 0.1) is 27.7 Å². The number of aryl methyl sites for hydroxylation is 4. The predicted molar refractivity (Wildman–Crippen MR) is 197 cm³/mol. The summed E-state index contributed by atoms with van der Waals surface area (Å²) in [7, 11) is 0. The lowest BCUT2D eigenvalue weighted by Crippen LogP contribution is -2.18. The van der Waals surface area contributed by atoms with Crippen molar-refractivity contribution in [2.24, 2.45) is 17.2 Å². The monoisotopic (exact) mass is 691 g/mol. The van der Waals surface area contributed by atoms with E-state index in [4.69, 9.17) is 22.0 Å². The SMILES string of the molecule is C.Cc1cc(C)cc(Nc2nc(NCCN)ncc2C(N)=O)c1.Cc1cc(C)cc(Nc2nc(On3nnc4ccccc43)ncc2C(N)=O)c1. The molecule has 3 aromatic heterocycles. The Hall–Kier alpha value is -6.68. The minimum Gasteiger partial charge on any atom is -0.365 e. The lowest BCUT2D eigenvalue weighted by atomic mass is 10.1. The second-order valence-electron chi connectivity index (χ2n) is 11.4. The molecular formula is C35H41N13O3. The van der Waals surface area contributed by atoms with Gasteiger partial charge >= 0.3 is 6.01 Å². The first-order chi connectivity index (χ1) is 24.0. The van der Waals surface area contributed by atoms with Gasteiger partial charge in [-0.15, -0.1) is 5.10 Å². The summed E-state index contributed by atoms with van der Waals surface area (Å²) < 4.78 is 0. The third-order valence-electron chi connectivity index (χ3n) is 6.97. The van der Waals surface area contributed by atoms with Crippen LogP contribution in [0.2, 0.25) is 0 Å².